The molecule has 4 saturated heterocycles. The number of nitrogens with zero attached hydrogens (tertiary/aromatic N) is 7. The van der Waals surface area contributed by atoms with Crippen LogP contribution in [-0.2, 0) is 20.6 Å². The number of fused-ring (bicyclic) bond motifs is 3. The molecular formula is C54H66ClF4N11O5S. The number of aromatic nitrogens is 4. The zero-order chi connectivity index (χ0) is 54.4. The van der Waals surface area contributed by atoms with E-state index in [4.69, 9.17) is 27.1 Å². The predicted octanol–water partition coefficient (Wildman–Crippen LogP) is 8.15. The molecule has 22 heteroatoms. The molecule has 5 aromatic rings. The molecule has 9 rings (SSSR count). The van der Waals surface area contributed by atoms with Crippen molar-refractivity contribution in [2.24, 2.45) is 5.41 Å². The van der Waals surface area contributed by atoms with E-state index in [1.807, 2.05) is 63.8 Å². The Morgan fingerprint density at radius 2 is 1.72 bits per heavy atom. The van der Waals surface area contributed by atoms with Crippen LogP contribution in [0.4, 0.5) is 29.2 Å². The molecule has 408 valence electrons. The van der Waals surface area contributed by atoms with Gasteiger partial charge in [-0.05, 0) is 107 Å². The standard InChI is InChI=1S/C54H66ClF4N11O5S/c1-28-20-40(60)64-46(43(28)54(57,58)59)42-38(55)22-37-45(44(42)56)66-52(67-49(37)69-23-33-16-17-34(24-69)63-33)75-26-35-10-9-19-68(35)18-8-7-11-41(72)65-48(53(4,5)6)51(74)70-25-36(71)21-39(70)50(73)62-29(2)31-12-14-32(15-13-31)47-30(3)61-27-76-47/h12-15,20,22,27,29,33-36,39,48,63,71H,7-11,16-19,21,23-26H2,1-6H3,(H2,60,64)(H,62,73)(H,65,72)/t29-,33?,34?,35-,36+,39-,48+/m0/s1. The van der Waals surface area contributed by atoms with Crippen molar-refractivity contribution in [3.8, 4) is 27.7 Å². The van der Waals surface area contributed by atoms with Crippen molar-refractivity contribution in [3.63, 3.8) is 0 Å². The maximum atomic E-state index is 17.0. The predicted molar refractivity (Wildman–Crippen MR) is 284 cm³/mol. The van der Waals surface area contributed by atoms with E-state index in [1.54, 1.807) is 16.8 Å². The van der Waals surface area contributed by atoms with Crippen LogP contribution < -0.4 is 31.3 Å². The van der Waals surface area contributed by atoms with E-state index in [-0.39, 0.29) is 95.3 Å². The lowest BCUT2D eigenvalue weighted by molar-refractivity contribution is -0.144. The number of thiazole rings is 1. The van der Waals surface area contributed by atoms with Crippen LogP contribution in [0.15, 0.2) is 41.9 Å². The van der Waals surface area contributed by atoms with Crippen molar-refractivity contribution in [3.05, 3.63) is 75.1 Å². The van der Waals surface area contributed by atoms with Crippen molar-refractivity contribution in [2.75, 3.05) is 50.0 Å². The number of aryl methyl sites for hydroxylation is 2. The Labute approximate surface area is 448 Å². The molecule has 7 heterocycles. The second-order valence-corrected chi connectivity index (χ2v) is 23.1. The molecule has 0 spiro atoms. The van der Waals surface area contributed by atoms with Gasteiger partial charge in [-0.1, -0.05) is 56.6 Å². The third-order valence-corrected chi connectivity index (χ3v) is 16.5. The van der Waals surface area contributed by atoms with Gasteiger partial charge in [0.1, 0.15) is 35.8 Å². The SMILES string of the molecule is Cc1cc(N)nc(-c2c(Cl)cc3c(N4CC5CCC(C4)N5)nc(OC[C@@H]4CCCN4CCCCC(=O)N[C@H](C(=O)N4C[C@H](O)C[C@H]4C(=O)N[C@@H](C)c4ccc(-c5scnc5C)cc4)C(C)(C)C)nc3c2F)c1C(F)(F)F. The first kappa shape index (κ1) is 55.0. The number of β-amino-alcohol motifs (C(OH)–C–C–N with tert-alkyl or cyclic N) is 1. The lowest BCUT2D eigenvalue weighted by Gasteiger charge is -2.35. The molecule has 2 bridgehead atoms. The number of likely N-dealkylation sites (tertiary alicyclic amines) is 2. The number of ether oxygens (including phenoxy) is 1. The van der Waals surface area contributed by atoms with Gasteiger partial charge in [-0.15, -0.1) is 11.3 Å². The number of piperazine rings is 1. The fourth-order valence-corrected chi connectivity index (χ4v) is 12.4. The van der Waals surface area contributed by atoms with E-state index in [0.717, 1.165) is 60.0 Å². The Morgan fingerprint density at radius 1 is 1.00 bits per heavy atom. The van der Waals surface area contributed by atoms with E-state index >= 15 is 4.39 Å². The Morgan fingerprint density at radius 3 is 2.39 bits per heavy atom. The van der Waals surface area contributed by atoms with E-state index in [0.29, 0.717) is 38.3 Å². The fourth-order valence-electron chi connectivity index (χ4n) is 11.3. The number of carbonyl (C=O) groups excluding carboxylic acids is 3. The van der Waals surface area contributed by atoms with Crippen molar-refractivity contribution in [1.82, 2.24) is 45.7 Å². The summed E-state index contributed by atoms with van der Waals surface area (Å²) in [6, 6.07) is 8.23. The van der Waals surface area contributed by atoms with Crippen LogP contribution >= 0.6 is 22.9 Å². The largest absolute Gasteiger partial charge is 0.462 e. The molecule has 0 radical (unpaired) electrons. The van der Waals surface area contributed by atoms with Gasteiger partial charge in [0.25, 0.3) is 0 Å². The van der Waals surface area contributed by atoms with Crippen molar-refractivity contribution < 1.29 is 41.8 Å². The molecule has 4 aliphatic rings. The Bertz CT molecular complexity index is 2960. The number of aliphatic hydroxyl groups is 1. The second kappa shape index (κ2) is 22.3. The van der Waals surface area contributed by atoms with Crippen molar-refractivity contribution >= 4 is 63.2 Å². The van der Waals surface area contributed by atoms with Gasteiger partial charge in [-0.25, -0.2) is 14.4 Å². The molecule has 16 nitrogen and oxygen atoms in total. The van der Waals surface area contributed by atoms with E-state index in [9.17, 15) is 32.7 Å². The number of benzene rings is 2. The summed E-state index contributed by atoms with van der Waals surface area (Å²) in [7, 11) is 0. The summed E-state index contributed by atoms with van der Waals surface area (Å²) < 4.78 is 66.8. The van der Waals surface area contributed by atoms with Crippen LogP contribution in [0.5, 0.6) is 6.01 Å². The number of rotatable bonds is 16. The van der Waals surface area contributed by atoms with E-state index in [1.165, 1.54) is 17.9 Å². The molecule has 0 aliphatic carbocycles. The number of nitrogen functional groups attached to an aromatic ring is 1. The summed E-state index contributed by atoms with van der Waals surface area (Å²) in [6.45, 7) is 13.2. The Kier molecular flexibility index (Phi) is 16.2. The zero-order valence-electron chi connectivity index (χ0n) is 43.6. The highest BCUT2D eigenvalue weighted by Crippen LogP contribution is 2.45. The number of carbonyl (C=O) groups is 3. The van der Waals surface area contributed by atoms with Gasteiger partial charge in [0.2, 0.25) is 17.7 Å². The number of hydrogen-bond acceptors (Lipinski definition) is 14. The molecule has 7 atom stereocenters. The first-order chi connectivity index (χ1) is 36.0. The number of pyridine rings is 1. The second-order valence-electron chi connectivity index (χ2n) is 21.9. The van der Waals surface area contributed by atoms with Crippen LogP contribution in [0, 0.1) is 25.1 Å². The van der Waals surface area contributed by atoms with Crippen LogP contribution in [0.2, 0.25) is 5.02 Å². The maximum Gasteiger partial charge on any atom is 0.418 e. The minimum Gasteiger partial charge on any atom is -0.462 e. The molecule has 4 fully saturated rings. The smallest absolute Gasteiger partial charge is 0.418 e. The molecule has 3 aromatic heterocycles. The first-order valence-corrected chi connectivity index (χ1v) is 27.3. The third kappa shape index (κ3) is 11.9. The number of amides is 3. The minimum absolute atomic E-state index is 0.0387. The number of unbranched alkanes of at least 4 members (excludes halogenated alkanes) is 1. The normalized spacial score (nSPS) is 21.8. The number of nitrogens with two attached hydrogens (primary N) is 1. The minimum atomic E-state index is -4.89. The van der Waals surface area contributed by atoms with E-state index in [2.05, 4.69) is 35.8 Å². The molecule has 3 amide bonds. The van der Waals surface area contributed by atoms with Crippen LogP contribution in [-0.4, -0.2) is 128 Å². The summed E-state index contributed by atoms with van der Waals surface area (Å²) in [5, 5.41) is 20.3. The van der Waals surface area contributed by atoms with Crippen molar-refractivity contribution in [1.29, 1.82) is 0 Å². The maximum absolute atomic E-state index is 17.0. The van der Waals surface area contributed by atoms with Crippen molar-refractivity contribution in [2.45, 2.75) is 141 Å². The number of alkyl halides is 3. The lowest BCUT2D eigenvalue weighted by Crippen LogP contribution is -2.57. The highest BCUT2D eigenvalue weighted by molar-refractivity contribution is 7.13. The van der Waals surface area contributed by atoms with Gasteiger partial charge in [-0.3, -0.25) is 19.3 Å². The summed E-state index contributed by atoms with van der Waals surface area (Å²) >= 11 is 8.25. The molecule has 2 unspecified atom stereocenters. The molecule has 2 aromatic carbocycles. The van der Waals surface area contributed by atoms with Crippen LogP contribution in [0.1, 0.15) is 107 Å². The summed E-state index contributed by atoms with van der Waals surface area (Å²) in [6.07, 6.45) is -0.847. The highest BCUT2D eigenvalue weighted by Gasteiger charge is 2.45. The highest BCUT2D eigenvalue weighted by atomic mass is 35.5. The van der Waals surface area contributed by atoms with E-state index < -0.39 is 58.3 Å². The Balaban J connectivity index is 0.828. The number of aliphatic hydroxyl groups excluding tert-OH is 1. The third-order valence-electron chi connectivity index (χ3n) is 15.2. The number of hydrogen-bond donors (Lipinski definition) is 5. The summed E-state index contributed by atoms with van der Waals surface area (Å²) in [5.41, 5.74) is 6.91. The van der Waals surface area contributed by atoms with Crippen LogP contribution in [0.25, 0.3) is 32.6 Å². The van der Waals surface area contributed by atoms with Gasteiger partial charge >= 0.3 is 12.2 Å². The average Bonchev–Trinajstić information content (AvgIpc) is 4.19. The number of nitrogens with one attached hydrogen (secondary N) is 3. The molecule has 4 aliphatic heterocycles. The summed E-state index contributed by atoms with van der Waals surface area (Å²) in [5.74, 6) is -2.10. The van der Waals surface area contributed by atoms with Gasteiger partial charge in [0.05, 0.1) is 50.1 Å². The van der Waals surface area contributed by atoms with Gasteiger partial charge in [-0.2, -0.15) is 23.1 Å². The quantitative estimate of drug-likeness (QED) is 0.0468. The van der Waals surface area contributed by atoms with Crippen LogP contribution in [0.3, 0.4) is 0 Å². The lowest BCUT2D eigenvalue weighted by atomic mass is 9.85. The molecule has 76 heavy (non-hydrogen) atoms. The summed E-state index contributed by atoms with van der Waals surface area (Å²) in [4.78, 5) is 66.0. The van der Waals surface area contributed by atoms with Gasteiger partial charge < -0.3 is 41.3 Å². The fraction of sp³-hybridized carbons (Fsp3) is 0.537. The monoisotopic (exact) mass is 1090 g/mol. The van der Waals surface area contributed by atoms with Gasteiger partial charge in [0, 0.05) is 56.0 Å². The molecular weight excluding hydrogens is 1030 g/mol. The zero-order valence-corrected chi connectivity index (χ0v) is 45.1. The Hall–Kier alpha value is -5.74. The average molecular weight is 1090 g/mol. The first-order valence-electron chi connectivity index (χ1n) is 26.0. The number of anilines is 2. The topological polar surface area (TPSA) is 204 Å². The van der Waals surface area contributed by atoms with Gasteiger partial charge in [0.15, 0.2) is 5.82 Å². The molecule has 6 N–H and O–H groups in total. The molecule has 0 saturated carbocycles. The number of halogens is 5.